The zero-order chi connectivity index (χ0) is 19.9. The van der Waals surface area contributed by atoms with Gasteiger partial charge >= 0.3 is 12.1 Å². The summed E-state index contributed by atoms with van der Waals surface area (Å²) in [5.74, 6) is -1.48. The number of hydrogen-bond acceptors (Lipinski definition) is 8. The molecule has 4 rings (SSSR count). The first-order chi connectivity index (χ1) is 13.2. The zero-order valence-corrected chi connectivity index (χ0v) is 14.8. The SMILES string of the molecule is CS(=O)(=Nc1cn2ccc(-c3noc(C(F)(F)F)n3)cc2n1)c1cncnc1. The monoisotopic (exact) mass is 409 g/mol. The van der Waals surface area contributed by atoms with Gasteiger partial charge in [-0.3, -0.25) is 0 Å². The molecule has 0 fully saturated rings. The van der Waals surface area contributed by atoms with Crippen molar-refractivity contribution in [3.8, 4) is 11.4 Å². The number of nitrogens with zero attached hydrogens (tertiary/aromatic N) is 7. The number of alkyl halides is 3. The minimum Gasteiger partial charge on any atom is -0.329 e. The van der Waals surface area contributed by atoms with E-state index >= 15 is 0 Å². The summed E-state index contributed by atoms with van der Waals surface area (Å²) in [7, 11) is -2.83. The lowest BCUT2D eigenvalue weighted by atomic mass is 10.2. The van der Waals surface area contributed by atoms with Crippen molar-refractivity contribution in [2.45, 2.75) is 11.1 Å². The molecular formula is C15H10F3N7O2S. The first kappa shape index (κ1) is 18.0. The van der Waals surface area contributed by atoms with Gasteiger partial charge in [0, 0.05) is 30.4 Å². The van der Waals surface area contributed by atoms with Crippen molar-refractivity contribution in [3.63, 3.8) is 0 Å². The summed E-state index contributed by atoms with van der Waals surface area (Å²) in [5, 5.41) is 3.34. The highest BCUT2D eigenvalue weighted by Gasteiger charge is 2.38. The third kappa shape index (κ3) is 3.43. The average Bonchev–Trinajstić information content (AvgIpc) is 3.27. The van der Waals surface area contributed by atoms with Crippen LogP contribution >= 0.6 is 0 Å². The number of fused-ring (bicyclic) bond motifs is 1. The van der Waals surface area contributed by atoms with Crippen LogP contribution in [-0.2, 0) is 15.9 Å². The van der Waals surface area contributed by atoms with E-state index in [1.165, 1.54) is 43.3 Å². The highest BCUT2D eigenvalue weighted by Crippen LogP contribution is 2.29. The van der Waals surface area contributed by atoms with Gasteiger partial charge in [0.1, 0.15) is 12.0 Å². The van der Waals surface area contributed by atoms with Gasteiger partial charge in [-0.15, -0.1) is 0 Å². The molecule has 0 aliphatic rings. The Bertz CT molecular complexity index is 1270. The first-order valence-electron chi connectivity index (χ1n) is 7.60. The molecule has 0 N–H and O–H groups in total. The molecule has 0 radical (unpaired) electrons. The van der Waals surface area contributed by atoms with Crippen molar-refractivity contribution in [3.05, 3.63) is 49.1 Å². The quantitative estimate of drug-likeness (QED) is 0.511. The lowest BCUT2D eigenvalue weighted by Gasteiger charge is -2.00. The van der Waals surface area contributed by atoms with Crippen LogP contribution in [0.15, 0.2) is 57.0 Å². The van der Waals surface area contributed by atoms with Gasteiger partial charge in [0.2, 0.25) is 5.82 Å². The fourth-order valence-corrected chi connectivity index (χ4v) is 3.38. The Hall–Kier alpha value is -3.35. The molecule has 0 aliphatic carbocycles. The van der Waals surface area contributed by atoms with Crippen LogP contribution in [0.25, 0.3) is 17.0 Å². The van der Waals surface area contributed by atoms with Crippen molar-refractivity contribution >= 4 is 21.2 Å². The minimum absolute atomic E-state index is 0.178. The minimum atomic E-state index is -4.72. The maximum absolute atomic E-state index is 12.8. The maximum Gasteiger partial charge on any atom is 0.471 e. The van der Waals surface area contributed by atoms with Crippen LogP contribution in [0, 0.1) is 0 Å². The lowest BCUT2D eigenvalue weighted by Crippen LogP contribution is -2.04. The van der Waals surface area contributed by atoms with Gasteiger partial charge in [0.05, 0.1) is 20.8 Å². The highest BCUT2D eigenvalue weighted by atomic mass is 32.2. The van der Waals surface area contributed by atoms with Gasteiger partial charge in [-0.2, -0.15) is 22.5 Å². The van der Waals surface area contributed by atoms with Gasteiger partial charge in [0.25, 0.3) is 0 Å². The molecule has 1 unspecified atom stereocenters. The second kappa shape index (κ2) is 6.37. The van der Waals surface area contributed by atoms with Crippen molar-refractivity contribution in [1.82, 2.24) is 29.5 Å². The Labute approximate surface area is 155 Å². The predicted octanol–water partition coefficient (Wildman–Crippen LogP) is 2.98. The topological polar surface area (TPSA) is 111 Å². The van der Waals surface area contributed by atoms with E-state index in [-0.39, 0.29) is 17.2 Å². The van der Waals surface area contributed by atoms with Gasteiger partial charge < -0.3 is 8.92 Å². The summed E-state index contributed by atoms with van der Waals surface area (Å²) in [6.45, 7) is 0. The molecule has 4 aromatic heterocycles. The van der Waals surface area contributed by atoms with Crippen LogP contribution < -0.4 is 0 Å². The van der Waals surface area contributed by atoms with Crippen molar-refractivity contribution in [1.29, 1.82) is 0 Å². The second-order valence-corrected chi connectivity index (χ2v) is 7.93. The molecule has 0 saturated heterocycles. The number of aromatic nitrogens is 6. The molecule has 1 atom stereocenters. The number of imidazole rings is 1. The summed E-state index contributed by atoms with van der Waals surface area (Å²) in [6.07, 6.45) is 3.90. The molecule has 4 aromatic rings. The van der Waals surface area contributed by atoms with Crippen LogP contribution in [0.1, 0.15) is 5.89 Å². The Morgan fingerprint density at radius 2 is 1.96 bits per heavy atom. The molecule has 28 heavy (non-hydrogen) atoms. The van der Waals surface area contributed by atoms with Crippen LogP contribution in [0.5, 0.6) is 0 Å². The number of halogens is 3. The van der Waals surface area contributed by atoms with E-state index in [0.717, 1.165) is 0 Å². The molecule has 0 saturated carbocycles. The highest BCUT2D eigenvalue weighted by molar-refractivity contribution is 7.93. The van der Waals surface area contributed by atoms with Crippen molar-refractivity contribution in [2.24, 2.45) is 4.36 Å². The lowest BCUT2D eigenvalue weighted by molar-refractivity contribution is -0.159. The number of hydrogen-bond donors (Lipinski definition) is 0. The van der Waals surface area contributed by atoms with Crippen LogP contribution in [-0.4, -0.2) is 40.0 Å². The Kier molecular flexibility index (Phi) is 4.10. The van der Waals surface area contributed by atoms with Crippen LogP contribution in [0.2, 0.25) is 0 Å². The molecular weight excluding hydrogens is 399 g/mol. The Morgan fingerprint density at radius 1 is 1.21 bits per heavy atom. The fourth-order valence-electron chi connectivity index (χ4n) is 2.32. The number of rotatable bonds is 3. The van der Waals surface area contributed by atoms with E-state index in [0.29, 0.717) is 10.5 Å². The third-order valence-corrected chi connectivity index (χ3v) is 5.24. The van der Waals surface area contributed by atoms with E-state index in [4.69, 9.17) is 0 Å². The van der Waals surface area contributed by atoms with Crippen molar-refractivity contribution in [2.75, 3.05) is 6.26 Å². The molecule has 9 nitrogen and oxygen atoms in total. The smallest absolute Gasteiger partial charge is 0.329 e. The summed E-state index contributed by atoms with van der Waals surface area (Å²) in [4.78, 5) is 15.6. The molecule has 0 spiro atoms. The van der Waals surface area contributed by atoms with Crippen LogP contribution in [0.3, 0.4) is 0 Å². The summed E-state index contributed by atoms with van der Waals surface area (Å²) < 4.78 is 60.6. The zero-order valence-electron chi connectivity index (χ0n) is 14.0. The molecule has 144 valence electrons. The summed E-state index contributed by atoms with van der Waals surface area (Å²) in [5.41, 5.74) is 0.631. The van der Waals surface area contributed by atoms with Crippen LogP contribution in [0.4, 0.5) is 19.0 Å². The Balaban J connectivity index is 1.72. The van der Waals surface area contributed by atoms with E-state index in [1.54, 1.807) is 10.6 Å². The first-order valence-corrected chi connectivity index (χ1v) is 9.52. The molecule has 0 aromatic carbocycles. The number of pyridine rings is 1. The predicted molar refractivity (Wildman–Crippen MR) is 89.9 cm³/mol. The fraction of sp³-hybridized carbons (Fsp3) is 0.133. The third-order valence-electron chi connectivity index (χ3n) is 3.62. The largest absolute Gasteiger partial charge is 0.471 e. The van der Waals surface area contributed by atoms with E-state index in [1.807, 2.05) is 0 Å². The summed E-state index contributed by atoms with van der Waals surface area (Å²) >= 11 is 0. The average molecular weight is 409 g/mol. The van der Waals surface area contributed by atoms with Gasteiger partial charge in [-0.05, 0) is 12.1 Å². The molecule has 13 heteroatoms. The molecule has 4 heterocycles. The second-order valence-electron chi connectivity index (χ2n) is 5.67. The normalized spacial score (nSPS) is 14.1. The van der Waals surface area contributed by atoms with E-state index < -0.39 is 21.8 Å². The van der Waals surface area contributed by atoms with Gasteiger partial charge in [-0.25, -0.2) is 19.2 Å². The molecule has 0 bridgehead atoms. The Morgan fingerprint density at radius 3 is 2.64 bits per heavy atom. The van der Waals surface area contributed by atoms with E-state index in [2.05, 4.69) is 34.0 Å². The molecule has 0 amide bonds. The van der Waals surface area contributed by atoms with E-state index in [9.17, 15) is 17.4 Å². The maximum atomic E-state index is 12.8. The van der Waals surface area contributed by atoms with Gasteiger partial charge in [0.15, 0.2) is 5.82 Å². The van der Waals surface area contributed by atoms with Gasteiger partial charge in [-0.1, -0.05) is 5.16 Å². The molecule has 0 aliphatic heterocycles. The summed E-state index contributed by atoms with van der Waals surface area (Å²) in [6, 6.07) is 2.96. The standard InChI is InChI=1S/C15H10F3N7O2S/c1-28(26,10-5-19-8-20-6-10)24-11-7-25-3-2-9(4-12(25)21-11)13-22-14(27-23-13)15(16,17)18/h2-8H,1H3. The van der Waals surface area contributed by atoms with Crippen molar-refractivity contribution < 1.29 is 21.9 Å².